The molecule has 0 aromatic heterocycles. The summed E-state index contributed by atoms with van der Waals surface area (Å²) in [5.74, 6) is -28.2. The van der Waals surface area contributed by atoms with Gasteiger partial charge >= 0.3 is 29.7 Å². The highest BCUT2D eigenvalue weighted by molar-refractivity contribution is 5.85. The van der Waals surface area contributed by atoms with Gasteiger partial charge in [-0.1, -0.05) is 6.42 Å². The molecule has 0 saturated carbocycles. The van der Waals surface area contributed by atoms with Gasteiger partial charge in [0.05, 0.1) is 0 Å². The third-order valence-corrected chi connectivity index (χ3v) is 4.28. The Morgan fingerprint density at radius 3 is 1.96 bits per heavy atom. The SMILES string of the molecule is O=C(NCCN1CCCCC1)C(F)(F)[C@@]1(F)OC(F)(F)C(F)(F)C1(F)F. The van der Waals surface area contributed by atoms with Crippen LogP contribution in [-0.2, 0) is 9.53 Å². The summed E-state index contributed by atoms with van der Waals surface area (Å²) >= 11 is 0. The molecule has 26 heavy (non-hydrogen) atoms. The number of amides is 1. The molecule has 2 rings (SSSR count). The van der Waals surface area contributed by atoms with Crippen molar-refractivity contribution in [3.63, 3.8) is 0 Å². The molecule has 0 spiro atoms. The van der Waals surface area contributed by atoms with Crippen LogP contribution in [0.2, 0.25) is 0 Å². The molecule has 0 aliphatic carbocycles. The van der Waals surface area contributed by atoms with Crippen LogP contribution < -0.4 is 5.32 Å². The zero-order valence-corrected chi connectivity index (χ0v) is 13.1. The maximum absolute atomic E-state index is 13.9. The van der Waals surface area contributed by atoms with Crippen LogP contribution >= 0.6 is 0 Å². The summed E-state index contributed by atoms with van der Waals surface area (Å²) < 4.78 is 122. The number of nitrogens with one attached hydrogen (secondary N) is 1. The van der Waals surface area contributed by atoms with Crippen LogP contribution in [0, 0.1) is 0 Å². The molecule has 0 aromatic rings. The molecule has 0 aromatic carbocycles. The molecule has 4 nitrogen and oxygen atoms in total. The number of ether oxygens (including phenoxy) is 1. The zero-order valence-electron chi connectivity index (χ0n) is 13.1. The van der Waals surface area contributed by atoms with E-state index >= 15 is 0 Å². The van der Waals surface area contributed by atoms with Crippen LogP contribution in [0.25, 0.3) is 0 Å². The van der Waals surface area contributed by atoms with E-state index in [1.54, 1.807) is 4.90 Å². The monoisotopic (exact) mass is 402 g/mol. The van der Waals surface area contributed by atoms with Gasteiger partial charge in [0, 0.05) is 13.1 Å². The molecule has 1 atom stereocenters. The van der Waals surface area contributed by atoms with Crippen molar-refractivity contribution in [2.75, 3.05) is 26.2 Å². The summed E-state index contributed by atoms with van der Waals surface area (Å²) in [6.45, 7) is 0.616. The van der Waals surface area contributed by atoms with Crippen LogP contribution in [0.3, 0.4) is 0 Å². The van der Waals surface area contributed by atoms with Gasteiger partial charge in [-0.15, -0.1) is 0 Å². The van der Waals surface area contributed by atoms with E-state index in [-0.39, 0.29) is 6.54 Å². The molecule has 0 bridgehead atoms. The third kappa shape index (κ3) is 2.92. The smallest absolute Gasteiger partial charge is 0.349 e. The first-order chi connectivity index (χ1) is 11.7. The van der Waals surface area contributed by atoms with Gasteiger partial charge < -0.3 is 10.2 Å². The molecule has 1 amide bonds. The van der Waals surface area contributed by atoms with E-state index in [2.05, 4.69) is 4.74 Å². The first kappa shape index (κ1) is 21.1. The lowest BCUT2D eigenvalue weighted by Gasteiger charge is -2.32. The molecule has 0 radical (unpaired) electrons. The summed E-state index contributed by atoms with van der Waals surface area (Å²) in [5.41, 5.74) is 0. The average Bonchev–Trinajstić information content (AvgIpc) is 2.63. The Hall–Kier alpha value is -1.24. The zero-order chi connectivity index (χ0) is 20.0. The number of rotatable bonds is 5. The van der Waals surface area contributed by atoms with Gasteiger partial charge in [-0.25, -0.2) is 0 Å². The molecule has 152 valence electrons. The van der Waals surface area contributed by atoms with Crippen molar-refractivity contribution in [1.82, 2.24) is 10.2 Å². The summed E-state index contributed by atoms with van der Waals surface area (Å²) in [5, 5.41) is 1.39. The third-order valence-electron chi connectivity index (χ3n) is 4.28. The summed E-state index contributed by atoms with van der Waals surface area (Å²) in [6.07, 6.45) is -3.67. The van der Waals surface area contributed by atoms with Crippen molar-refractivity contribution in [3.8, 4) is 0 Å². The van der Waals surface area contributed by atoms with Crippen molar-refractivity contribution in [1.29, 1.82) is 0 Å². The molecule has 13 heteroatoms. The first-order valence-corrected chi connectivity index (χ1v) is 7.62. The van der Waals surface area contributed by atoms with Crippen LogP contribution in [0.5, 0.6) is 0 Å². The van der Waals surface area contributed by atoms with E-state index in [1.165, 1.54) is 5.32 Å². The van der Waals surface area contributed by atoms with E-state index in [9.17, 15) is 44.3 Å². The lowest BCUT2D eigenvalue weighted by Crippen LogP contribution is -2.65. The minimum Gasteiger partial charge on any atom is -0.349 e. The number of hydrogen-bond donors (Lipinski definition) is 1. The quantitative estimate of drug-likeness (QED) is 0.720. The second-order valence-electron chi connectivity index (χ2n) is 6.10. The van der Waals surface area contributed by atoms with Gasteiger partial charge in [0.15, 0.2) is 0 Å². The van der Waals surface area contributed by atoms with Gasteiger partial charge in [0.1, 0.15) is 0 Å². The first-order valence-electron chi connectivity index (χ1n) is 7.62. The fourth-order valence-electron chi connectivity index (χ4n) is 2.72. The van der Waals surface area contributed by atoms with Gasteiger partial charge in [-0.3, -0.25) is 9.53 Å². The van der Waals surface area contributed by atoms with E-state index in [0.717, 1.165) is 19.3 Å². The Bertz CT molecular complexity index is 552. The second-order valence-corrected chi connectivity index (χ2v) is 6.10. The Labute approximate surface area is 141 Å². The number of likely N-dealkylation sites (tertiary alicyclic amines) is 1. The molecule has 2 saturated heterocycles. The van der Waals surface area contributed by atoms with Crippen molar-refractivity contribution in [3.05, 3.63) is 0 Å². The van der Waals surface area contributed by atoms with Crippen molar-refractivity contribution in [2.45, 2.75) is 49.0 Å². The van der Waals surface area contributed by atoms with Gasteiger partial charge in [0.2, 0.25) is 0 Å². The van der Waals surface area contributed by atoms with Crippen LogP contribution in [-0.4, -0.2) is 66.7 Å². The number of halogens is 9. The minimum atomic E-state index is -6.66. The van der Waals surface area contributed by atoms with Crippen molar-refractivity contribution < 1.29 is 49.0 Å². The number of carbonyl (C=O) groups excluding carboxylic acids is 1. The average molecular weight is 402 g/mol. The molecule has 2 heterocycles. The Morgan fingerprint density at radius 2 is 1.50 bits per heavy atom. The molecule has 0 unspecified atom stereocenters. The number of hydrogen-bond acceptors (Lipinski definition) is 3. The molecular weight excluding hydrogens is 387 g/mol. The van der Waals surface area contributed by atoms with Crippen molar-refractivity contribution in [2.24, 2.45) is 0 Å². The normalized spacial score (nSPS) is 31.0. The molecular formula is C13H15F9N2O2. The standard InChI is InChI=1S/C13H15F9N2O2/c14-9(15,8(25)23-4-7-24-5-2-1-3-6-24)12(20)10(16,17)11(18,19)13(21,22)26-12/h1-7H2,(H,23,25)/t12-/m1/s1. The van der Waals surface area contributed by atoms with E-state index in [1.807, 2.05) is 0 Å². The van der Waals surface area contributed by atoms with Crippen LogP contribution in [0.4, 0.5) is 39.5 Å². The van der Waals surface area contributed by atoms with E-state index < -0.39 is 42.2 Å². The highest BCUT2D eigenvalue weighted by atomic mass is 19.4. The minimum absolute atomic E-state index is 0.00464. The van der Waals surface area contributed by atoms with Gasteiger partial charge in [-0.05, 0) is 25.9 Å². The van der Waals surface area contributed by atoms with Crippen LogP contribution in [0.15, 0.2) is 0 Å². The lowest BCUT2D eigenvalue weighted by molar-refractivity contribution is -0.367. The highest BCUT2D eigenvalue weighted by Gasteiger charge is 2.96. The second kappa shape index (κ2) is 6.43. The molecule has 2 fully saturated rings. The Balaban J connectivity index is 2.10. The van der Waals surface area contributed by atoms with E-state index in [0.29, 0.717) is 13.1 Å². The largest absolute Gasteiger partial charge is 0.428 e. The maximum Gasteiger partial charge on any atom is 0.428 e. The van der Waals surface area contributed by atoms with E-state index in [4.69, 9.17) is 0 Å². The topological polar surface area (TPSA) is 41.6 Å². The Kier molecular flexibility index (Phi) is 5.21. The molecule has 2 aliphatic rings. The number of carbonyl (C=O) groups is 1. The number of nitrogens with zero attached hydrogens (tertiary/aromatic N) is 1. The molecule has 2 aliphatic heterocycles. The lowest BCUT2D eigenvalue weighted by atomic mass is 9.99. The summed E-state index contributed by atoms with van der Waals surface area (Å²) in [4.78, 5) is 13.1. The highest BCUT2D eigenvalue weighted by Crippen LogP contribution is 2.64. The Morgan fingerprint density at radius 1 is 0.962 bits per heavy atom. The summed E-state index contributed by atoms with van der Waals surface area (Å²) in [7, 11) is 0. The van der Waals surface area contributed by atoms with Gasteiger partial charge in [-0.2, -0.15) is 39.5 Å². The fraction of sp³-hybridized carbons (Fsp3) is 0.923. The predicted octanol–water partition coefficient (Wildman–Crippen LogP) is 2.78. The predicted molar refractivity (Wildman–Crippen MR) is 68.0 cm³/mol. The number of piperidine rings is 1. The van der Waals surface area contributed by atoms with Gasteiger partial charge in [0.25, 0.3) is 5.91 Å². The maximum atomic E-state index is 13.9. The van der Waals surface area contributed by atoms with Crippen LogP contribution in [0.1, 0.15) is 19.3 Å². The van der Waals surface area contributed by atoms with Crippen molar-refractivity contribution >= 4 is 5.91 Å². The summed E-state index contributed by atoms with van der Waals surface area (Å²) in [6, 6.07) is 0. The molecule has 1 N–H and O–H groups in total. The fourth-order valence-corrected chi connectivity index (χ4v) is 2.72. The number of alkyl halides is 9.